The van der Waals surface area contributed by atoms with E-state index in [1.807, 2.05) is 6.07 Å². The van der Waals surface area contributed by atoms with Gasteiger partial charge in [-0.15, -0.1) is 11.3 Å². The van der Waals surface area contributed by atoms with E-state index in [1.54, 1.807) is 61.5 Å². The lowest BCUT2D eigenvalue weighted by Crippen LogP contribution is -2.12. The molecule has 7 nitrogen and oxygen atoms in total. The predicted molar refractivity (Wildman–Crippen MR) is 127 cm³/mol. The molecule has 3 N–H and O–H groups in total. The summed E-state index contributed by atoms with van der Waals surface area (Å²) in [5.41, 5.74) is 2.71. The summed E-state index contributed by atoms with van der Waals surface area (Å²) >= 11 is 7.26. The third-order valence-corrected chi connectivity index (χ3v) is 6.06. The van der Waals surface area contributed by atoms with Crippen LogP contribution >= 0.6 is 22.9 Å². The minimum absolute atomic E-state index is 0.288. The fraction of sp³-hybridized carbons (Fsp3) is 0.0435. The zero-order valence-corrected chi connectivity index (χ0v) is 18.4. The average molecular weight is 465 g/mol. The minimum Gasteiger partial charge on any atom is -0.321 e. The number of carbonyl (C=O) groups is 2. The highest BCUT2D eigenvalue weighted by Gasteiger charge is 2.17. The summed E-state index contributed by atoms with van der Waals surface area (Å²) in [6.45, 7) is 1.80. The summed E-state index contributed by atoms with van der Waals surface area (Å²) in [7, 11) is 0. The number of anilines is 2. The highest BCUT2D eigenvalue weighted by Crippen LogP contribution is 2.29. The van der Waals surface area contributed by atoms with Crippen molar-refractivity contribution < 1.29 is 9.59 Å². The van der Waals surface area contributed by atoms with Crippen molar-refractivity contribution in [2.45, 2.75) is 6.92 Å². The first-order valence-electron chi connectivity index (χ1n) is 9.54. The molecule has 2 aromatic heterocycles. The molecule has 4 rings (SSSR count). The lowest BCUT2D eigenvalue weighted by molar-refractivity contribution is 0.102. The summed E-state index contributed by atoms with van der Waals surface area (Å²) < 4.78 is 0. The van der Waals surface area contributed by atoms with E-state index in [4.69, 9.17) is 11.6 Å². The SMILES string of the molecule is Cc1cc(NC(=O)c2ccccc2Cl)sc1C(=O)Nc1cccc(-c2ccc(=O)[nH]n2)c1. The van der Waals surface area contributed by atoms with E-state index in [-0.39, 0.29) is 17.4 Å². The number of amides is 2. The lowest BCUT2D eigenvalue weighted by atomic mass is 10.1. The van der Waals surface area contributed by atoms with Crippen LogP contribution in [0.5, 0.6) is 0 Å². The predicted octanol–water partition coefficient (Wildman–Crippen LogP) is 4.96. The molecular weight excluding hydrogens is 448 g/mol. The number of hydrogen-bond acceptors (Lipinski definition) is 5. The van der Waals surface area contributed by atoms with Gasteiger partial charge < -0.3 is 10.6 Å². The zero-order chi connectivity index (χ0) is 22.7. The third kappa shape index (κ3) is 4.77. The molecule has 0 saturated carbocycles. The first-order valence-corrected chi connectivity index (χ1v) is 10.7. The van der Waals surface area contributed by atoms with E-state index in [0.29, 0.717) is 31.8 Å². The second kappa shape index (κ2) is 9.17. The van der Waals surface area contributed by atoms with Gasteiger partial charge in [-0.05, 0) is 48.9 Å². The molecule has 2 heterocycles. The molecule has 0 aliphatic carbocycles. The number of H-pyrrole nitrogens is 1. The first kappa shape index (κ1) is 21.5. The van der Waals surface area contributed by atoms with Crippen LogP contribution in [-0.4, -0.2) is 22.0 Å². The minimum atomic E-state index is -0.343. The molecule has 32 heavy (non-hydrogen) atoms. The first-order chi connectivity index (χ1) is 15.4. The van der Waals surface area contributed by atoms with E-state index in [9.17, 15) is 14.4 Å². The Morgan fingerprint density at radius 3 is 2.53 bits per heavy atom. The number of nitrogens with one attached hydrogen (secondary N) is 3. The van der Waals surface area contributed by atoms with Crippen molar-refractivity contribution in [1.29, 1.82) is 0 Å². The normalized spacial score (nSPS) is 10.6. The topological polar surface area (TPSA) is 104 Å². The highest BCUT2D eigenvalue weighted by atomic mass is 35.5. The van der Waals surface area contributed by atoms with E-state index < -0.39 is 0 Å². The van der Waals surface area contributed by atoms with Crippen LogP contribution in [0.2, 0.25) is 5.02 Å². The Morgan fingerprint density at radius 1 is 0.969 bits per heavy atom. The van der Waals surface area contributed by atoms with Gasteiger partial charge in [0.2, 0.25) is 0 Å². The number of nitrogens with zero attached hydrogens (tertiary/aromatic N) is 1. The standard InChI is InChI=1S/C23H17ClN4O3S/c1-13-11-20(26-22(30)16-7-2-3-8-17(16)24)32-21(13)23(31)25-15-6-4-5-14(12-15)18-9-10-19(29)28-27-18/h2-12H,1H3,(H,25,31)(H,26,30)(H,28,29). The maximum Gasteiger partial charge on any atom is 0.266 e. The van der Waals surface area contributed by atoms with Gasteiger partial charge in [-0.2, -0.15) is 5.10 Å². The molecule has 0 saturated heterocycles. The molecule has 0 unspecified atom stereocenters. The van der Waals surface area contributed by atoms with Crippen LogP contribution in [0.3, 0.4) is 0 Å². The van der Waals surface area contributed by atoms with Crippen LogP contribution in [0, 0.1) is 6.92 Å². The zero-order valence-electron chi connectivity index (χ0n) is 16.8. The van der Waals surface area contributed by atoms with Crippen molar-refractivity contribution in [1.82, 2.24) is 10.2 Å². The van der Waals surface area contributed by atoms with Crippen LogP contribution in [0.25, 0.3) is 11.3 Å². The molecule has 0 bridgehead atoms. The van der Waals surface area contributed by atoms with Crippen molar-refractivity contribution in [3.8, 4) is 11.3 Å². The summed E-state index contributed by atoms with van der Waals surface area (Å²) in [6.07, 6.45) is 0. The number of rotatable bonds is 5. The number of aromatic nitrogens is 2. The summed E-state index contributed by atoms with van der Waals surface area (Å²) in [6, 6.07) is 18.6. The van der Waals surface area contributed by atoms with E-state index in [1.165, 1.54) is 17.4 Å². The van der Waals surface area contributed by atoms with E-state index >= 15 is 0 Å². The maximum absolute atomic E-state index is 12.9. The molecule has 160 valence electrons. The van der Waals surface area contributed by atoms with E-state index in [2.05, 4.69) is 20.8 Å². The molecular formula is C23H17ClN4O3S. The number of thiophene rings is 1. The molecule has 4 aromatic rings. The lowest BCUT2D eigenvalue weighted by Gasteiger charge is -2.07. The number of carbonyl (C=O) groups excluding carboxylic acids is 2. The van der Waals surface area contributed by atoms with Crippen LogP contribution in [0.4, 0.5) is 10.7 Å². The summed E-state index contributed by atoms with van der Waals surface area (Å²) in [5.74, 6) is -0.637. The van der Waals surface area contributed by atoms with Gasteiger partial charge in [-0.1, -0.05) is 35.9 Å². The van der Waals surface area contributed by atoms with Gasteiger partial charge >= 0.3 is 0 Å². The Morgan fingerprint density at radius 2 is 1.78 bits per heavy atom. The van der Waals surface area contributed by atoms with Gasteiger partial charge in [0.1, 0.15) is 0 Å². The fourth-order valence-electron chi connectivity index (χ4n) is 3.04. The maximum atomic E-state index is 12.9. The van der Waals surface area contributed by atoms with Gasteiger partial charge in [0.25, 0.3) is 17.4 Å². The fourth-order valence-corrected chi connectivity index (χ4v) is 4.23. The number of halogens is 1. The molecule has 0 atom stereocenters. The van der Waals surface area contributed by atoms with Crippen molar-refractivity contribution in [2.24, 2.45) is 0 Å². The average Bonchev–Trinajstić information content (AvgIpc) is 3.14. The van der Waals surface area contributed by atoms with Gasteiger partial charge in [0, 0.05) is 17.3 Å². The number of hydrogen-bond donors (Lipinski definition) is 3. The van der Waals surface area contributed by atoms with Gasteiger partial charge in [0.05, 0.1) is 26.2 Å². The number of benzene rings is 2. The van der Waals surface area contributed by atoms with Gasteiger partial charge in [0.15, 0.2) is 0 Å². The van der Waals surface area contributed by atoms with Crippen LogP contribution in [0.1, 0.15) is 25.6 Å². The monoisotopic (exact) mass is 464 g/mol. The second-order valence-corrected chi connectivity index (χ2v) is 8.36. The Hall–Kier alpha value is -3.75. The highest BCUT2D eigenvalue weighted by molar-refractivity contribution is 7.18. The van der Waals surface area contributed by atoms with Gasteiger partial charge in [-0.25, -0.2) is 5.10 Å². The van der Waals surface area contributed by atoms with Crippen molar-refractivity contribution >= 4 is 45.4 Å². The van der Waals surface area contributed by atoms with Gasteiger partial charge in [-0.3, -0.25) is 14.4 Å². The molecule has 9 heteroatoms. The largest absolute Gasteiger partial charge is 0.321 e. The molecule has 0 fully saturated rings. The van der Waals surface area contributed by atoms with Crippen molar-refractivity contribution in [2.75, 3.05) is 10.6 Å². The number of aryl methyl sites for hydroxylation is 1. The third-order valence-electron chi connectivity index (χ3n) is 4.57. The van der Waals surface area contributed by atoms with Crippen molar-refractivity contribution in [3.05, 3.63) is 98.1 Å². The Kier molecular flexibility index (Phi) is 6.16. The van der Waals surface area contributed by atoms with Crippen LogP contribution in [-0.2, 0) is 0 Å². The summed E-state index contributed by atoms with van der Waals surface area (Å²) in [4.78, 5) is 37.0. The van der Waals surface area contributed by atoms with Crippen LogP contribution in [0.15, 0.2) is 71.5 Å². The molecule has 2 amide bonds. The molecule has 0 aliphatic heterocycles. The molecule has 0 spiro atoms. The summed E-state index contributed by atoms with van der Waals surface area (Å²) in [5, 5.41) is 13.0. The smallest absolute Gasteiger partial charge is 0.266 e. The number of aromatic amines is 1. The Balaban J connectivity index is 1.50. The Labute approximate surface area is 192 Å². The Bertz CT molecular complexity index is 1360. The molecule has 0 aliphatic rings. The quantitative estimate of drug-likeness (QED) is 0.388. The molecule has 2 aromatic carbocycles. The van der Waals surface area contributed by atoms with E-state index in [0.717, 1.165) is 11.1 Å². The van der Waals surface area contributed by atoms with Crippen LogP contribution < -0.4 is 16.2 Å². The molecule has 0 radical (unpaired) electrons. The van der Waals surface area contributed by atoms with Crippen molar-refractivity contribution in [3.63, 3.8) is 0 Å². The second-order valence-electron chi connectivity index (χ2n) is 6.90.